The predicted molar refractivity (Wildman–Crippen MR) is 49.1 cm³/mol. The topological polar surface area (TPSA) is 12.0 Å². The number of hydrogen-bond acceptors (Lipinski definition) is 2. The first-order chi connectivity index (χ1) is 5.42. The van der Waals surface area contributed by atoms with Crippen LogP contribution in [0, 0.1) is 0 Å². The van der Waals surface area contributed by atoms with E-state index in [1.165, 1.54) is 12.8 Å². The maximum atomic E-state index is 3.39. The van der Waals surface area contributed by atoms with Gasteiger partial charge in [-0.15, -0.1) is 11.3 Å². The summed E-state index contributed by atoms with van der Waals surface area (Å²) in [4.78, 5) is 1.56. The third kappa shape index (κ3) is 1.21. The zero-order valence-corrected chi connectivity index (χ0v) is 7.63. The van der Waals surface area contributed by atoms with Gasteiger partial charge in [-0.05, 0) is 35.9 Å². The van der Waals surface area contributed by atoms with Gasteiger partial charge in [0.15, 0.2) is 0 Å². The number of rotatable bonds is 1. The minimum absolute atomic E-state index is 1.10. The molecule has 0 fully saturated rings. The highest BCUT2D eigenvalue weighted by Gasteiger charge is 2.13. The summed E-state index contributed by atoms with van der Waals surface area (Å²) in [6.45, 7) is 4.50. The molecule has 0 aliphatic carbocycles. The molecule has 0 radical (unpaired) electrons. The molecule has 1 aliphatic rings. The molecule has 0 unspecified atom stereocenters. The zero-order chi connectivity index (χ0) is 7.68. The molecule has 60 valence electrons. The molecule has 0 atom stereocenters. The molecule has 0 spiro atoms. The highest BCUT2D eigenvalue weighted by atomic mass is 32.1. The summed E-state index contributed by atoms with van der Waals surface area (Å²) in [5.74, 6) is 0. The second-order valence-electron chi connectivity index (χ2n) is 2.94. The Morgan fingerprint density at radius 1 is 1.64 bits per heavy atom. The van der Waals surface area contributed by atoms with Crippen molar-refractivity contribution in [3.05, 3.63) is 21.4 Å². The fourth-order valence-electron chi connectivity index (χ4n) is 1.62. The maximum absolute atomic E-state index is 3.39. The average molecular weight is 167 g/mol. The fourth-order valence-corrected chi connectivity index (χ4v) is 2.78. The third-order valence-corrected chi connectivity index (χ3v) is 3.36. The van der Waals surface area contributed by atoms with Gasteiger partial charge in [-0.3, -0.25) is 0 Å². The Hall–Kier alpha value is -0.340. The van der Waals surface area contributed by atoms with Crippen LogP contribution in [-0.2, 0) is 19.4 Å². The van der Waals surface area contributed by atoms with E-state index in [0.29, 0.717) is 0 Å². The first kappa shape index (κ1) is 7.32. The summed E-state index contributed by atoms with van der Waals surface area (Å²) in [6, 6.07) is 0. The van der Waals surface area contributed by atoms with Gasteiger partial charge in [0.1, 0.15) is 0 Å². The SMILES string of the molecule is CCc1csc2c1CCNC2. The van der Waals surface area contributed by atoms with Crippen LogP contribution in [0.15, 0.2) is 5.38 Å². The van der Waals surface area contributed by atoms with Crippen molar-refractivity contribution >= 4 is 11.3 Å². The van der Waals surface area contributed by atoms with Crippen LogP contribution in [0.3, 0.4) is 0 Å². The maximum Gasteiger partial charge on any atom is 0.0302 e. The van der Waals surface area contributed by atoms with Gasteiger partial charge in [0.2, 0.25) is 0 Å². The number of aryl methyl sites for hydroxylation is 1. The second-order valence-corrected chi connectivity index (χ2v) is 3.91. The Labute approximate surface area is 71.4 Å². The molecule has 11 heavy (non-hydrogen) atoms. The van der Waals surface area contributed by atoms with Crippen molar-refractivity contribution in [2.75, 3.05) is 6.54 Å². The van der Waals surface area contributed by atoms with Gasteiger partial charge >= 0.3 is 0 Å². The van der Waals surface area contributed by atoms with E-state index in [0.717, 1.165) is 13.1 Å². The quantitative estimate of drug-likeness (QED) is 0.674. The standard InChI is InChI=1S/C9H13NS/c1-2-7-6-11-9-5-10-4-3-8(7)9/h6,10H,2-5H2,1H3. The van der Waals surface area contributed by atoms with Crippen LogP contribution in [0.5, 0.6) is 0 Å². The Balaban J connectivity index is 2.38. The predicted octanol–water partition coefficient (Wildman–Crippen LogP) is 1.96. The molecule has 2 rings (SSSR count). The van der Waals surface area contributed by atoms with Crippen molar-refractivity contribution in [3.8, 4) is 0 Å². The average Bonchev–Trinajstić information content (AvgIpc) is 2.47. The summed E-state index contributed by atoms with van der Waals surface area (Å²) in [7, 11) is 0. The van der Waals surface area contributed by atoms with Crippen LogP contribution in [0.2, 0.25) is 0 Å². The number of thiophene rings is 1. The van der Waals surface area contributed by atoms with Gasteiger partial charge in [0, 0.05) is 11.4 Å². The normalized spacial score (nSPS) is 16.5. The van der Waals surface area contributed by atoms with Crippen molar-refractivity contribution in [3.63, 3.8) is 0 Å². The van der Waals surface area contributed by atoms with Gasteiger partial charge < -0.3 is 5.32 Å². The molecule has 1 N–H and O–H groups in total. The highest BCUT2D eigenvalue weighted by molar-refractivity contribution is 7.10. The van der Waals surface area contributed by atoms with E-state index in [1.807, 2.05) is 11.3 Å². The molecule has 0 saturated carbocycles. The van der Waals surface area contributed by atoms with Gasteiger partial charge in [0.05, 0.1) is 0 Å². The monoisotopic (exact) mass is 167 g/mol. The number of hydrogen-bond donors (Lipinski definition) is 1. The molecule has 0 bridgehead atoms. The van der Waals surface area contributed by atoms with Crippen LogP contribution in [0.4, 0.5) is 0 Å². The molecule has 1 aromatic heterocycles. The Morgan fingerprint density at radius 2 is 2.55 bits per heavy atom. The molecule has 0 aromatic carbocycles. The van der Waals surface area contributed by atoms with Crippen molar-refractivity contribution in [1.82, 2.24) is 5.32 Å². The summed E-state index contributed by atoms with van der Waals surface area (Å²) >= 11 is 1.91. The van der Waals surface area contributed by atoms with Crippen molar-refractivity contribution in [2.24, 2.45) is 0 Å². The minimum atomic E-state index is 1.10. The van der Waals surface area contributed by atoms with Crippen molar-refractivity contribution < 1.29 is 0 Å². The molecule has 2 heteroatoms. The minimum Gasteiger partial charge on any atom is -0.312 e. The van der Waals surface area contributed by atoms with E-state index >= 15 is 0 Å². The smallest absolute Gasteiger partial charge is 0.0302 e. The lowest BCUT2D eigenvalue weighted by atomic mass is 10.0. The van der Waals surface area contributed by atoms with Gasteiger partial charge in [-0.25, -0.2) is 0 Å². The molecule has 1 aromatic rings. The van der Waals surface area contributed by atoms with Crippen LogP contribution in [0.25, 0.3) is 0 Å². The van der Waals surface area contributed by atoms with Crippen LogP contribution in [-0.4, -0.2) is 6.54 Å². The van der Waals surface area contributed by atoms with E-state index in [4.69, 9.17) is 0 Å². The third-order valence-electron chi connectivity index (χ3n) is 2.29. The first-order valence-corrected chi connectivity index (χ1v) is 5.08. The lowest BCUT2D eigenvalue weighted by molar-refractivity contribution is 0.651. The lowest BCUT2D eigenvalue weighted by Gasteiger charge is -2.13. The molecule has 0 saturated heterocycles. The summed E-state index contributed by atoms with van der Waals surface area (Å²) in [6.07, 6.45) is 2.44. The number of nitrogens with one attached hydrogen (secondary N) is 1. The lowest BCUT2D eigenvalue weighted by Crippen LogP contribution is -2.22. The Kier molecular flexibility index (Phi) is 1.96. The molecule has 0 amide bonds. The van der Waals surface area contributed by atoms with E-state index in [1.54, 1.807) is 16.0 Å². The van der Waals surface area contributed by atoms with Gasteiger partial charge in [0.25, 0.3) is 0 Å². The van der Waals surface area contributed by atoms with Gasteiger partial charge in [-0.2, -0.15) is 0 Å². The second kappa shape index (κ2) is 2.95. The summed E-state index contributed by atoms with van der Waals surface area (Å²) < 4.78 is 0. The largest absolute Gasteiger partial charge is 0.312 e. The fraction of sp³-hybridized carbons (Fsp3) is 0.556. The molecular formula is C9H13NS. The first-order valence-electron chi connectivity index (χ1n) is 4.20. The molecule has 1 nitrogen and oxygen atoms in total. The highest BCUT2D eigenvalue weighted by Crippen LogP contribution is 2.25. The van der Waals surface area contributed by atoms with Crippen molar-refractivity contribution in [1.29, 1.82) is 0 Å². The van der Waals surface area contributed by atoms with Crippen LogP contribution < -0.4 is 5.32 Å². The van der Waals surface area contributed by atoms with Crippen LogP contribution >= 0.6 is 11.3 Å². The molecular weight excluding hydrogens is 154 g/mol. The Morgan fingerprint density at radius 3 is 3.36 bits per heavy atom. The molecule has 1 aliphatic heterocycles. The molecule has 2 heterocycles. The summed E-state index contributed by atoms with van der Waals surface area (Å²) in [5, 5.41) is 5.71. The van der Waals surface area contributed by atoms with E-state index in [2.05, 4.69) is 17.6 Å². The van der Waals surface area contributed by atoms with E-state index in [-0.39, 0.29) is 0 Å². The van der Waals surface area contributed by atoms with E-state index < -0.39 is 0 Å². The van der Waals surface area contributed by atoms with E-state index in [9.17, 15) is 0 Å². The zero-order valence-electron chi connectivity index (χ0n) is 6.81. The van der Waals surface area contributed by atoms with Gasteiger partial charge in [-0.1, -0.05) is 6.92 Å². The van der Waals surface area contributed by atoms with Crippen molar-refractivity contribution in [2.45, 2.75) is 26.3 Å². The Bertz CT molecular complexity index is 239. The summed E-state index contributed by atoms with van der Waals surface area (Å²) in [5.41, 5.74) is 3.21. The number of fused-ring (bicyclic) bond motifs is 1. The van der Waals surface area contributed by atoms with Crippen LogP contribution in [0.1, 0.15) is 22.9 Å².